The summed E-state index contributed by atoms with van der Waals surface area (Å²) in [6.45, 7) is 0. The van der Waals surface area contributed by atoms with Crippen LogP contribution in [0.4, 0.5) is 0 Å². The van der Waals surface area contributed by atoms with E-state index in [0.29, 0.717) is 54.9 Å². The maximum atomic E-state index is 10.2. The summed E-state index contributed by atoms with van der Waals surface area (Å²) >= 11 is 0. The van der Waals surface area contributed by atoms with Gasteiger partial charge < -0.3 is 22.8 Å². The molecular weight excluding hydrogens is 932 g/mol. The van der Waals surface area contributed by atoms with E-state index in [1.54, 1.807) is 121 Å². The normalized spacial score (nSPS) is 11.7. The van der Waals surface area contributed by atoms with E-state index in [-0.39, 0.29) is 40.4 Å². The van der Waals surface area contributed by atoms with Crippen molar-refractivity contribution >= 4 is 121 Å². The Morgan fingerprint density at radius 3 is 0.468 bits per heavy atom. The average Bonchev–Trinajstić information content (AvgIpc) is 3.19. The molecule has 15 nitrogen and oxygen atoms in total. The Morgan fingerprint density at radius 1 is 0.258 bits per heavy atom. The van der Waals surface area contributed by atoms with Crippen LogP contribution in [0.5, 0.6) is 0 Å². The third-order valence-electron chi connectivity index (χ3n) is 6.13. The molecular formula is C40H35AlMgO15S5. The van der Waals surface area contributed by atoms with Gasteiger partial charge in [-0.1, -0.05) is 152 Å². The van der Waals surface area contributed by atoms with Gasteiger partial charge in [0, 0.05) is 27.0 Å². The quantitative estimate of drug-likeness (QED) is 0.128. The summed E-state index contributed by atoms with van der Waals surface area (Å²) in [5.41, 5.74) is 3.46. The van der Waals surface area contributed by atoms with Crippen molar-refractivity contribution in [3.63, 3.8) is 0 Å². The average molecular weight is 967 g/mol. The Hall–Kier alpha value is -4.35. The van der Waals surface area contributed by atoms with Crippen molar-refractivity contribution in [3.8, 4) is 0 Å². The van der Waals surface area contributed by atoms with Crippen LogP contribution in [0.25, 0.3) is 30.4 Å². The van der Waals surface area contributed by atoms with E-state index < -0.39 is 50.6 Å². The molecule has 0 saturated heterocycles. The van der Waals surface area contributed by atoms with Crippen molar-refractivity contribution in [2.75, 3.05) is 0 Å². The summed E-state index contributed by atoms with van der Waals surface area (Å²) < 4.78 is 152. The van der Waals surface area contributed by atoms with Crippen LogP contribution in [0.15, 0.2) is 179 Å². The van der Waals surface area contributed by atoms with Gasteiger partial charge in [-0.2, -0.15) is 0 Å². The van der Waals surface area contributed by atoms with Crippen molar-refractivity contribution < 1.29 is 64.9 Å². The second kappa shape index (κ2) is 30.7. The van der Waals surface area contributed by atoms with Gasteiger partial charge in [-0.05, 0) is 58.2 Å². The molecule has 320 valence electrons. The molecule has 5 rings (SSSR count). The fourth-order valence-corrected chi connectivity index (χ4v) is 5.25. The van der Waals surface area contributed by atoms with Gasteiger partial charge in [0.2, 0.25) is 0 Å². The molecule has 0 amide bonds. The van der Waals surface area contributed by atoms with Gasteiger partial charge in [0.25, 0.3) is 0 Å². The largest absolute Gasteiger partial charge is 3.00 e. The molecule has 5 aromatic rings. The van der Waals surface area contributed by atoms with Gasteiger partial charge in [0.1, 0.15) is 50.6 Å². The Kier molecular flexibility index (Phi) is 29.5. The summed E-state index contributed by atoms with van der Waals surface area (Å²) in [6, 6.07) is 43.8. The molecule has 0 N–H and O–H groups in total. The van der Waals surface area contributed by atoms with E-state index in [2.05, 4.69) is 0 Å². The van der Waals surface area contributed by atoms with Crippen molar-refractivity contribution in [2.45, 2.75) is 0 Å². The van der Waals surface area contributed by atoms with Crippen LogP contribution < -0.4 is 0 Å². The number of hydrogen-bond donors (Lipinski definition) is 0. The molecule has 0 unspecified atom stereocenters. The molecule has 0 aliphatic rings. The van der Waals surface area contributed by atoms with Gasteiger partial charge in [0.15, 0.2) is 0 Å². The third kappa shape index (κ3) is 38.6. The summed E-state index contributed by atoms with van der Waals surface area (Å²) in [4.78, 5) is 0. The van der Waals surface area contributed by atoms with Crippen LogP contribution >= 0.6 is 0 Å². The molecule has 0 heterocycles. The minimum Gasteiger partial charge on any atom is -0.744 e. The van der Waals surface area contributed by atoms with Crippen LogP contribution in [0.1, 0.15) is 27.8 Å². The molecule has 0 bridgehead atoms. The van der Waals surface area contributed by atoms with Gasteiger partial charge in [0.05, 0.1) is 0 Å². The molecule has 0 atom stereocenters. The Morgan fingerprint density at radius 2 is 0.371 bits per heavy atom. The smallest absolute Gasteiger partial charge is 0.744 e. The third-order valence-corrected chi connectivity index (χ3v) is 8.48. The Balaban J connectivity index is 0. The molecule has 5 aromatic carbocycles. The minimum absolute atomic E-state index is 0. The van der Waals surface area contributed by atoms with Gasteiger partial charge in [-0.3, -0.25) is 0 Å². The van der Waals surface area contributed by atoms with Crippen molar-refractivity contribution in [3.05, 3.63) is 207 Å². The first-order valence-corrected chi connectivity index (χ1v) is 23.7. The first-order valence-electron chi connectivity index (χ1n) is 16.3. The fourth-order valence-electron chi connectivity index (χ4n) is 3.63. The first-order chi connectivity index (χ1) is 27.9. The van der Waals surface area contributed by atoms with Crippen molar-refractivity contribution in [1.29, 1.82) is 0 Å². The van der Waals surface area contributed by atoms with Crippen molar-refractivity contribution in [2.24, 2.45) is 0 Å². The molecule has 0 saturated carbocycles. The number of rotatable bonds is 10. The van der Waals surface area contributed by atoms with Crippen LogP contribution in [-0.2, 0) is 50.6 Å². The van der Waals surface area contributed by atoms with E-state index >= 15 is 0 Å². The van der Waals surface area contributed by atoms with Gasteiger partial charge >= 0.3 is 40.4 Å². The zero-order chi connectivity index (χ0) is 45.1. The summed E-state index contributed by atoms with van der Waals surface area (Å²) in [6.07, 6.45) is 6.33. The van der Waals surface area contributed by atoms with E-state index in [9.17, 15) is 64.9 Å². The zero-order valence-electron chi connectivity index (χ0n) is 32.2. The Labute approximate surface area is 389 Å². The second-order valence-corrected chi connectivity index (χ2v) is 17.3. The van der Waals surface area contributed by atoms with E-state index in [1.807, 2.05) is 30.3 Å². The van der Waals surface area contributed by atoms with Crippen molar-refractivity contribution in [1.82, 2.24) is 0 Å². The minimum atomic E-state index is -4.25. The molecule has 62 heavy (non-hydrogen) atoms. The number of hydrogen-bond acceptors (Lipinski definition) is 15. The topological polar surface area (TPSA) is 286 Å². The predicted molar refractivity (Wildman–Crippen MR) is 237 cm³/mol. The summed E-state index contributed by atoms with van der Waals surface area (Å²) in [7, 11) is -21.3. The molecule has 0 fully saturated rings. The van der Waals surface area contributed by atoms with E-state index in [1.165, 1.54) is 30.4 Å². The van der Waals surface area contributed by atoms with Gasteiger partial charge in [-0.25, -0.2) is 42.1 Å². The molecule has 0 radical (unpaired) electrons. The number of benzene rings is 5. The Bertz CT molecular complexity index is 2290. The summed E-state index contributed by atoms with van der Waals surface area (Å²) in [5.74, 6) is 0. The fraction of sp³-hybridized carbons (Fsp3) is 0. The first kappa shape index (κ1) is 59.7. The van der Waals surface area contributed by atoms with Crippen LogP contribution in [0.3, 0.4) is 0 Å². The standard InChI is InChI=1S/5C8H8O3S.Al.Mg/c5*9-12(10,11)7-6-8-4-2-1-3-5-8;;/h5*1-7H,(H,9,10,11);;/q;;;;;+3;+2/p-5. The monoisotopic (exact) mass is 966 g/mol. The molecule has 0 spiro atoms. The van der Waals surface area contributed by atoms with Crippen LogP contribution in [0.2, 0.25) is 0 Å². The summed E-state index contributed by atoms with van der Waals surface area (Å²) in [5, 5.41) is 3.21. The molecule has 0 aromatic heterocycles. The van der Waals surface area contributed by atoms with Crippen LogP contribution in [-0.4, -0.2) is 105 Å². The van der Waals surface area contributed by atoms with E-state index in [0.717, 1.165) is 0 Å². The second-order valence-electron chi connectivity index (χ2n) is 11.0. The maximum absolute atomic E-state index is 10.2. The molecule has 0 aliphatic carbocycles. The van der Waals surface area contributed by atoms with Crippen LogP contribution in [0, 0.1) is 0 Å². The molecule has 0 aliphatic heterocycles. The zero-order valence-corrected chi connectivity index (χ0v) is 38.8. The SMILES string of the molecule is O=S(=O)([O-])C=Cc1ccccc1.O=S(=O)([O-])C=Cc1ccccc1.O=S(=O)([O-])C=Cc1ccccc1.O=S(=O)([O-])C=Cc1ccccc1.O=S(=O)([O-])C=Cc1ccccc1.[Al+3].[Mg+2]. The maximum Gasteiger partial charge on any atom is 3.00 e. The predicted octanol–water partition coefficient (Wildman–Crippen LogP) is 5.25. The van der Waals surface area contributed by atoms with Gasteiger partial charge in [-0.15, -0.1) is 0 Å². The van der Waals surface area contributed by atoms with E-state index in [4.69, 9.17) is 0 Å². The molecule has 22 heteroatoms.